The van der Waals surface area contributed by atoms with Crippen LogP contribution in [0, 0.1) is 0 Å². The van der Waals surface area contributed by atoms with Crippen LogP contribution in [-0.4, -0.2) is 42.6 Å². The van der Waals surface area contributed by atoms with Gasteiger partial charge in [0.25, 0.3) is 5.91 Å². The first kappa shape index (κ1) is 13.0. The molecule has 3 rings (SSSR count). The molecule has 9 nitrogen and oxygen atoms in total. The summed E-state index contributed by atoms with van der Waals surface area (Å²) in [7, 11) is 3.23. The molecule has 0 aliphatic rings. The summed E-state index contributed by atoms with van der Waals surface area (Å²) in [6.45, 7) is 0.200. The summed E-state index contributed by atoms with van der Waals surface area (Å²) in [4.78, 5) is 12.0. The van der Waals surface area contributed by atoms with Crippen molar-refractivity contribution in [2.24, 2.45) is 7.05 Å². The van der Waals surface area contributed by atoms with E-state index in [2.05, 4.69) is 25.7 Å². The van der Waals surface area contributed by atoms with Crippen molar-refractivity contribution in [1.82, 2.24) is 34.9 Å². The predicted molar refractivity (Wildman–Crippen MR) is 71.7 cm³/mol. The first-order valence-corrected chi connectivity index (χ1v) is 6.20. The van der Waals surface area contributed by atoms with Crippen LogP contribution in [0.1, 0.15) is 16.3 Å². The molecule has 0 saturated heterocycles. The highest BCUT2D eigenvalue weighted by atomic mass is 16.5. The summed E-state index contributed by atoms with van der Waals surface area (Å²) in [5.74, 6) is 0.718. The number of amides is 1. The number of carbonyl (C=O) groups excluding carboxylic acids is 1. The Balaban J connectivity index is 1.79. The zero-order valence-corrected chi connectivity index (χ0v) is 11.5. The van der Waals surface area contributed by atoms with Crippen LogP contribution in [0.2, 0.25) is 0 Å². The molecule has 3 aromatic heterocycles. The Morgan fingerprint density at radius 2 is 2.19 bits per heavy atom. The summed E-state index contributed by atoms with van der Waals surface area (Å²) in [5.41, 5.74) is 1.05. The number of nitrogens with one attached hydrogen (secondary N) is 1. The first-order chi connectivity index (χ1) is 10.2. The van der Waals surface area contributed by atoms with E-state index in [4.69, 9.17) is 4.74 Å². The number of ether oxygens (including phenoxy) is 1. The predicted octanol–water partition coefficient (Wildman–Crippen LogP) is -0.204. The maximum Gasteiger partial charge on any atom is 0.269 e. The third-order valence-corrected chi connectivity index (χ3v) is 2.97. The van der Waals surface area contributed by atoms with Crippen LogP contribution in [-0.2, 0) is 13.6 Å². The lowest BCUT2D eigenvalue weighted by Crippen LogP contribution is -2.26. The minimum Gasteiger partial charge on any atom is -0.480 e. The van der Waals surface area contributed by atoms with E-state index >= 15 is 0 Å². The second-order valence-electron chi connectivity index (χ2n) is 4.28. The maximum absolute atomic E-state index is 12.0. The van der Waals surface area contributed by atoms with Gasteiger partial charge in [-0.25, -0.2) is 0 Å². The Labute approximate surface area is 119 Å². The molecule has 3 heterocycles. The average Bonchev–Trinajstić information content (AvgIpc) is 3.10. The lowest BCUT2D eigenvalue weighted by Gasteiger charge is -2.04. The number of methoxy groups -OCH3 is 1. The second-order valence-corrected chi connectivity index (χ2v) is 4.28. The van der Waals surface area contributed by atoms with Crippen LogP contribution >= 0.6 is 0 Å². The molecule has 0 radical (unpaired) electrons. The molecule has 3 aromatic rings. The molecule has 1 N–H and O–H groups in total. The summed E-state index contributed by atoms with van der Waals surface area (Å²) >= 11 is 0. The maximum atomic E-state index is 12.0. The fraction of sp³-hybridized carbons (Fsp3) is 0.250. The van der Waals surface area contributed by atoms with E-state index in [0.29, 0.717) is 23.0 Å². The highest BCUT2D eigenvalue weighted by molar-refractivity contribution is 5.92. The average molecular weight is 287 g/mol. The number of nitrogens with zero attached hydrogens (tertiary/aromatic N) is 6. The molecule has 0 aliphatic heterocycles. The third-order valence-electron chi connectivity index (χ3n) is 2.97. The minimum absolute atomic E-state index is 0.200. The second kappa shape index (κ2) is 5.19. The largest absolute Gasteiger partial charge is 0.480 e. The molecule has 0 unspecified atom stereocenters. The van der Waals surface area contributed by atoms with Crippen molar-refractivity contribution in [3.05, 3.63) is 35.9 Å². The molecule has 0 aliphatic carbocycles. The fourth-order valence-corrected chi connectivity index (χ4v) is 1.88. The Morgan fingerprint density at radius 1 is 1.33 bits per heavy atom. The quantitative estimate of drug-likeness (QED) is 0.713. The van der Waals surface area contributed by atoms with Gasteiger partial charge in [0, 0.05) is 19.3 Å². The van der Waals surface area contributed by atoms with Crippen LogP contribution in [0.3, 0.4) is 0 Å². The molecule has 0 saturated carbocycles. The monoisotopic (exact) mass is 287 g/mol. The first-order valence-electron chi connectivity index (χ1n) is 6.20. The molecule has 0 atom stereocenters. The highest BCUT2D eigenvalue weighted by Gasteiger charge is 2.12. The molecular weight excluding hydrogens is 274 g/mol. The number of aromatic nitrogens is 6. The van der Waals surface area contributed by atoms with Crippen LogP contribution < -0.4 is 10.1 Å². The van der Waals surface area contributed by atoms with Gasteiger partial charge in [-0.2, -0.15) is 9.61 Å². The number of hydrogen-bond acceptors (Lipinski definition) is 6. The van der Waals surface area contributed by atoms with Crippen molar-refractivity contribution in [1.29, 1.82) is 0 Å². The van der Waals surface area contributed by atoms with Gasteiger partial charge in [0.15, 0.2) is 11.5 Å². The van der Waals surface area contributed by atoms with E-state index in [9.17, 15) is 4.79 Å². The van der Waals surface area contributed by atoms with Gasteiger partial charge in [-0.3, -0.25) is 9.48 Å². The van der Waals surface area contributed by atoms with Gasteiger partial charge in [-0.05, 0) is 12.1 Å². The molecule has 0 spiro atoms. The Kier molecular flexibility index (Phi) is 3.22. The standard InChI is InChI=1S/C12H13N7O2/c1-18-8(5-6-14-18)12(20)13-7-10-16-15-9-3-4-11(21-2)17-19(9)10/h3-6H,7H2,1-2H3,(H,13,20). The Morgan fingerprint density at radius 3 is 2.90 bits per heavy atom. The zero-order chi connectivity index (χ0) is 14.8. The van der Waals surface area contributed by atoms with Gasteiger partial charge in [-0.1, -0.05) is 0 Å². The van der Waals surface area contributed by atoms with Gasteiger partial charge < -0.3 is 10.1 Å². The molecule has 108 valence electrons. The van der Waals surface area contributed by atoms with Gasteiger partial charge in [0.1, 0.15) is 5.69 Å². The highest BCUT2D eigenvalue weighted by Crippen LogP contribution is 2.08. The number of aryl methyl sites for hydroxylation is 1. The molecule has 1 amide bonds. The summed E-state index contributed by atoms with van der Waals surface area (Å²) in [6.07, 6.45) is 1.56. The topological polar surface area (TPSA) is 99.2 Å². The molecular formula is C12H13N7O2. The van der Waals surface area contributed by atoms with Crippen molar-refractivity contribution < 1.29 is 9.53 Å². The van der Waals surface area contributed by atoms with E-state index in [-0.39, 0.29) is 12.5 Å². The van der Waals surface area contributed by atoms with E-state index in [1.165, 1.54) is 16.3 Å². The fourth-order valence-electron chi connectivity index (χ4n) is 1.88. The molecule has 21 heavy (non-hydrogen) atoms. The van der Waals surface area contributed by atoms with Crippen molar-refractivity contribution in [3.8, 4) is 5.88 Å². The molecule has 0 aromatic carbocycles. The van der Waals surface area contributed by atoms with Crippen molar-refractivity contribution >= 4 is 11.6 Å². The van der Waals surface area contributed by atoms with Gasteiger partial charge in [-0.15, -0.1) is 15.3 Å². The van der Waals surface area contributed by atoms with E-state index < -0.39 is 0 Å². The zero-order valence-electron chi connectivity index (χ0n) is 11.5. The van der Waals surface area contributed by atoms with Crippen molar-refractivity contribution in [2.45, 2.75) is 6.54 Å². The lowest BCUT2D eigenvalue weighted by molar-refractivity contribution is 0.0940. The number of rotatable bonds is 4. The third kappa shape index (κ3) is 2.40. The van der Waals surface area contributed by atoms with Crippen molar-refractivity contribution in [2.75, 3.05) is 7.11 Å². The van der Waals surface area contributed by atoms with Crippen LogP contribution in [0.4, 0.5) is 0 Å². The number of fused-ring (bicyclic) bond motifs is 1. The van der Waals surface area contributed by atoms with Crippen LogP contribution in [0.5, 0.6) is 5.88 Å². The van der Waals surface area contributed by atoms with Crippen molar-refractivity contribution in [3.63, 3.8) is 0 Å². The molecule has 0 fully saturated rings. The normalized spacial score (nSPS) is 10.8. The number of hydrogen-bond donors (Lipinski definition) is 1. The Hall–Kier alpha value is -2.97. The van der Waals surface area contributed by atoms with Crippen LogP contribution in [0.15, 0.2) is 24.4 Å². The Bertz CT molecular complexity index is 792. The number of carbonyl (C=O) groups is 1. The van der Waals surface area contributed by atoms with Gasteiger partial charge in [0.2, 0.25) is 5.88 Å². The summed E-state index contributed by atoms with van der Waals surface area (Å²) in [6, 6.07) is 5.08. The molecule has 9 heteroatoms. The lowest BCUT2D eigenvalue weighted by atomic mass is 10.4. The summed E-state index contributed by atoms with van der Waals surface area (Å²) < 4.78 is 8.09. The van der Waals surface area contributed by atoms with Crippen LogP contribution in [0.25, 0.3) is 5.65 Å². The summed E-state index contributed by atoms with van der Waals surface area (Å²) in [5, 5.41) is 18.9. The van der Waals surface area contributed by atoms with Gasteiger partial charge in [0.05, 0.1) is 13.7 Å². The van der Waals surface area contributed by atoms with Gasteiger partial charge >= 0.3 is 0 Å². The van der Waals surface area contributed by atoms with E-state index in [1.807, 2.05) is 0 Å². The minimum atomic E-state index is -0.241. The SMILES string of the molecule is COc1ccc2nnc(CNC(=O)c3ccnn3C)n2n1. The van der Waals surface area contributed by atoms with E-state index in [1.54, 1.807) is 31.4 Å². The van der Waals surface area contributed by atoms with E-state index in [0.717, 1.165) is 0 Å². The smallest absolute Gasteiger partial charge is 0.269 e. The molecule has 0 bridgehead atoms.